The van der Waals surface area contributed by atoms with Crippen molar-refractivity contribution in [2.75, 3.05) is 6.61 Å². The molecule has 0 rings (SSSR count). The number of hydrogen-bond acceptors (Lipinski definition) is 3. The Hall–Kier alpha value is -1.39. The molecule has 0 aromatic heterocycles. The van der Waals surface area contributed by atoms with Gasteiger partial charge in [0.25, 0.3) is 0 Å². The van der Waals surface area contributed by atoms with E-state index in [1.165, 1.54) is 32.1 Å². The number of allylic oxidation sites excluding steroid dienone is 5. The maximum absolute atomic E-state index is 12.0. The van der Waals surface area contributed by atoms with E-state index in [4.69, 9.17) is 0 Å². The van der Waals surface area contributed by atoms with E-state index in [9.17, 15) is 15.0 Å². The number of aliphatic hydroxyl groups excluding tert-OH is 2. The van der Waals surface area contributed by atoms with Crippen LogP contribution >= 0.6 is 0 Å². The molecule has 0 saturated carbocycles. The summed E-state index contributed by atoms with van der Waals surface area (Å²) < 4.78 is 0. The van der Waals surface area contributed by atoms with Crippen LogP contribution in [0.2, 0.25) is 0 Å². The number of carbonyl (C=O) groups is 1. The van der Waals surface area contributed by atoms with Gasteiger partial charge in [0.2, 0.25) is 5.91 Å². The maximum atomic E-state index is 12.0. The minimum Gasteiger partial charge on any atom is -0.394 e. The summed E-state index contributed by atoms with van der Waals surface area (Å²) in [7, 11) is 0. The molecule has 4 nitrogen and oxygen atoms in total. The summed E-state index contributed by atoms with van der Waals surface area (Å²) in [6.07, 6.45) is 25.4. The molecule has 29 heavy (non-hydrogen) atoms. The molecule has 0 aromatic carbocycles. The minimum absolute atomic E-state index is 0.0954. The minimum atomic E-state index is -0.838. The number of carbonyl (C=O) groups excluding carboxylic acids is 1. The van der Waals surface area contributed by atoms with E-state index in [2.05, 4.69) is 43.5 Å². The van der Waals surface area contributed by atoms with Crippen LogP contribution < -0.4 is 5.32 Å². The molecule has 0 aromatic rings. The SMILES string of the molecule is CCC/C=C/C(O)C(CO)NC(=O)CCCCCCC/C=C\C/C=C\CCCC. The van der Waals surface area contributed by atoms with E-state index in [0.29, 0.717) is 6.42 Å². The van der Waals surface area contributed by atoms with Crippen LogP contribution in [0.5, 0.6) is 0 Å². The molecule has 0 aliphatic rings. The van der Waals surface area contributed by atoms with Gasteiger partial charge in [-0.2, -0.15) is 0 Å². The number of rotatable bonds is 19. The van der Waals surface area contributed by atoms with Crippen LogP contribution in [0.25, 0.3) is 0 Å². The molecule has 0 heterocycles. The fraction of sp³-hybridized carbons (Fsp3) is 0.720. The van der Waals surface area contributed by atoms with Crippen molar-refractivity contribution >= 4 is 5.91 Å². The third kappa shape index (κ3) is 18.4. The summed E-state index contributed by atoms with van der Waals surface area (Å²) in [6.45, 7) is 4.02. The van der Waals surface area contributed by atoms with Gasteiger partial charge in [-0.1, -0.05) is 88.8 Å². The molecule has 0 aliphatic heterocycles. The molecule has 0 fully saturated rings. The second-order valence-corrected chi connectivity index (χ2v) is 7.69. The van der Waals surface area contributed by atoms with Gasteiger partial charge in [-0.05, 0) is 38.5 Å². The third-order valence-corrected chi connectivity index (χ3v) is 4.85. The number of unbranched alkanes of at least 4 members (excludes halogenated alkanes) is 8. The number of hydrogen-bond donors (Lipinski definition) is 3. The molecule has 0 aliphatic carbocycles. The van der Waals surface area contributed by atoms with Crippen molar-refractivity contribution in [3.8, 4) is 0 Å². The smallest absolute Gasteiger partial charge is 0.220 e. The van der Waals surface area contributed by atoms with Gasteiger partial charge in [0, 0.05) is 6.42 Å². The molecule has 0 saturated heterocycles. The van der Waals surface area contributed by atoms with Crippen molar-refractivity contribution in [3.05, 3.63) is 36.5 Å². The van der Waals surface area contributed by atoms with Gasteiger partial charge in [-0.25, -0.2) is 0 Å². The highest BCUT2D eigenvalue weighted by atomic mass is 16.3. The Bertz CT molecular complexity index is 457. The van der Waals surface area contributed by atoms with E-state index >= 15 is 0 Å². The lowest BCUT2D eigenvalue weighted by molar-refractivity contribution is -0.123. The highest BCUT2D eigenvalue weighted by Crippen LogP contribution is 2.08. The topological polar surface area (TPSA) is 69.6 Å². The summed E-state index contributed by atoms with van der Waals surface area (Å²) in [5.74, 6) is -0.0954. The lowest BCUT2D eigenvalue weighted by Crippen LogP contribution is -2.45. The summed E-state index contributed by atoms with van der Waals surface area (Å²) in [5.41, 5.74) is 0. The molecule has 2 unspecified atom stereocenters. The molecule has 168 valence electrons. The van der Waals surface area contributed by atoms with Crippen LogP contribution in [-0.4, -0.2) is 34.9 Å². The van der Waals surface area contributed by atoms with Crippen LogP contribution in [-0.2, 0) is 4.79 Å². The first kappa shape index (κ1) is 27.6. The molecule has 4 heteroatoms. The molecule has 3 N–H and O–H groups in total. The van der Waals surface area contributed by atoms with Crippen molar-refractivity contribution in [2.45, 2.75) is 109 Å². The molecule has 0 radical (unpaired) electrons. The summed E-state index contributed by atoms with van der Waals surface area (Å²) in [5, 5.41) is 22.1. The summed E-state index contributed by atoms with van der Waals surface area (Å²) >= 11 is 0. The van der Waals surface area contributed by atoms with E-state index in [1.807, 2.05) is 6.08 Å². The molecule has 0 spiro atoms. The van der Waals surface area contributed by atoms with Gasteiger partial charge in [-0.15, -0.1) is 0 Å². The Morgan fingerprint density at radius 3 is 2.14 bits per heavy atom. The van der Waals surface area contributed by atoms with Crippen LogP contribution in [0.1, 0.15) is 97.3 Å². The van der Waals surface area contributed by atoms with Gasteiger partial charge < -0.3 is 15.5 Å². The van der Waals surface area contributed by atoms with Crippen molar-refractivity contribution in [3.63, 3.8) is 0 Å². The number of amides is 1. The Kier molecular flexibility index (Phi) is 20.3. The highest BCUT2D eigenvalue weighted by molar-refractivity contribution is 5.76. The van der Waals surface area contributed by atoms with Crippen LogP contribution in [0, 0.1) is 0 Å². The zero-order valence-electron chi connectivity index (χ0n) is 18.8. The van der Waals surface area contributed by atoms with Crippen molar-refractivity contribution < 1.29 is 15.0 Å². The lowest BCUT2D eigenvalue weighted by Gasteiger charge is -2.19. The van der Waals surface area contributed by atoms with Gasteiger partial charge in [0.05, 0.1) is 18.8 Å². The largest absolute Gasteiger partial charge is 0.394 e. The quantitative estimate of drug-likeness (QED) is 0.193. The van der Waals surface area contributed by atoms with E-state index in [0.717, 1.165) is 44.9 Å². The van der Waals surface area contributed by atoms with E-state index < -0.39 is 12.1 Å². The molecular formula is C25H45NO3. The van der Waals surface area contributed by atoms with Gasteiger partial charge >= 0.3 is 0 Å². The van der Waals surface area contributed by atoms with Crippen LogP contribution in [0.3, 0.4) is 0 Å². The number of aliphatic hydroxyl groups is 2. The predicted molar refractivity (Wildman–Crippen MR) is 124 cm³/mol. The van der Waals surface area contributed by atoms with Crippen LogP contribution in [0.4, 0.5) is 0 Å². The van der Waals surface area contributed by atoms with Gasteiger partial charge in [-0.3, -0.25) is 4.79 Å². The molecular weight excluding hydrogens is 362 g/mol. The third-order valence-electron chi connectivity index (χ3n) is 4.85. The monoisotopic (exact) mass is 407 g/mol. The van der Waals surface area contributed by atoms with E-state index in [1.54, 1.807) is 6.08 Å². The summed E-state index contributed by atoms with van der Waals surface area (Å²) in [4.78, 5) is 12.0. The first-order chi connectivity index (χ1) is 14.2. The second-order valence-electron chi connectivity index (χ2n) is 7.69. The normalized spacial score (nSPS) is 14.2. The standard InChI is InChI=1S/C25H45NO3/c1-3-5-7-8-9-10-11-12-13-14-15-16-17-19-21-25(29)26-23(22-27)24(28)20-18-6-4-2/h8-9,11-12,18,20,23-24,27-28H,3-7,10,13-17,19,21-22H2,1-2H3,(H,26,29)/b9-8-,12-11-,20-18+. The Labute approximate surface area is 179 Å². The fourth-order valence-corrected chi connectivity index (χ4v) is 2.96. The van der Waals surface area contributed by atoms with Crippen LogP contribution in [0.15, 0.2) is 36.5 Å². The Balaban J connectivity index is 3.66. The first-order valence-electron chi connectivity index (χ1n) is 11.7. The number of nitrogens with one attached hydrogen (secondary N) is 1. The zero-order valence-corrected chi connectivity index (χ0v) is 18.8. The lowest BCUT2D eigenvalue weighted by atomic mass is 10.1. The average Bonchev–Trinajstić information content (AvgIpc) is 2.72. The molecule has 2 atom stereocenters. The van der Waals surface area contributed by atoms with E-state index in [-0.39, 0.29) is 12.5 Å². The predicted octanol–water partition coefficient (Wildman–Crippen LogP) is 5.60. The van der Waals surface area contributed by atoms with Gasteiger partial charge in [0.1, 0.15) is 0 Å². The van der Waals surface area contributed by atoms with Gasteiger partial charge in [0.15, 0.2) is 0 Å². The Morgan fingerprint density at radius 2 is 1.48 bits per heavy atom. The fourth-order valence-electron chi connectivity index (χ4n) is 2.96. The second kappa shape index (κ2) is 21.3. The highest BCUT2D eigenvalue weighted by Gasteiger charge is 2.17. The zero-order chi connectivity index (χ0) is 21.6. The molecule has 1 amide bonds. The first-order valence-corrected chi connectivity index (χ1v) is 11.7. The summed E-state index contributed by atoms with van der Waals surface area (Å²) in [6, 6.07) is -0.621. The molecule has 0 bridgehead atoms. The van der Waals surface area contributed by atoms with Crippen molar-refractivity contribution in [1.29, 1.82) is 0 Å². The maximum Gasteiger partial charge on any atom is 0.220 e. The Morgan fingerprint density at radius 1 is 0.828 bits per heavy atom. The van der Waals surface area contributed by atoms with Crippen molar-refractivity contribution in [1.82, 2.24) is 5.32 Å². The van der Waals surface area contributed by atoms with Crippen molar-refractivity contribution in [2.24, 2.45) is 0 Å². The average molecular weight is 408 g/mol.